The van der Waals surface area contributed by atoms with Gasteiger partial charge in [-0.05, 0) is 43.5 Å². The van der Waals surface area contributed by atoms with E-state index in [-0.39, 0.29) is 11.4 Å². The summed E-state index contributed by atoms with van der Waals surface area (Å²) < 4.78 is 26.9. The zero-order chi connectivity index (χ0) is 13.9. The van der Waals surface area contributed by atoms with E-state index in [1.807, 2.05) is 6.92 Å². The molecule has 0 aromatic heterocycles. The minimum atomic E-state index is -3.56. The zero-order valence-corrected chi connectivity index (χ0v) is 11.7. The van der Waals surface area contributed by atoms with Crippen LogP contribution in [0.5, 0.6) is 0 Å². The van der Waals surface area contributed by atoms with Gasteiger partial charge < -0.3 is 5.73 Å². The molecule has 0 saturated heterocycles. The van der Waals surface area contributed by atoms with Crippen LogP contribution in [0.3, 0.4) is 0 Å². The van der Waals surface area contributed by atoms with Crippen LogP contribution >= 0.6 is 0 Å². The highest BCUT2D eigenvalue weighted by Crippen LogP contribution is 2.27. The highest BCUT2D eigenvalue weighted by molar-refractivity contribution is 7.89. The quantitative estimate of drug-likeness (QED) is 0.493. The molecule has 0 aliphatic heterocycles. The molecule has 18 heavy (non-hydrogen) atoms. The van der Waals surface area contributed by atoms with E-state index in [1.54, 1.807) is 19.9 Å². The van der Waals surface area contributed by atoms with Crippen LogP contribution in [0.1, 0.15) is 23.1 Å². The maximum atomic E-state index is 12.2. The van der Waals surface area contributed by atoms with Crippen molar-refractivity contribution in [1.82, 2.24) is 4.72 Å². The van der Waals surface area contributed by atoms with Crippen molar-refractivity contribution in [1.29, 1.82) is 0 Å². The van der Waals surface area contributed by atoms with Gasteiger partial charge in [0.25, 0.3) is 0 Å². The molecule has 0 radical (unpaired) electrons. The Morgan fingerprint density at radius 2 is 1.94 bits per heavy atom. The van der Waals surface area contributed by atoms with Crippen LogP contribution in [0, 0.1) is 33.1 Å². The summed E-state index contributed by atoms with van der Waals surface area (Å²) in [5.41, 5.74) is 8.45. The average molecular weight is 266 g/mol. The first-order valence-electron chi connectivity index (χ1n) is 5.60. The van der Waals surface area contributed by atoms with E-state index in [1.165, 1.54) is 0 Å². The Balaban J connectivity index is 3.29. The molecular formula is C13H18N2O2S. The molecule has 0 fully saturated rings. The lowest BCUT2D eigenvalue weighted by Crippen LogP contribution is -2.26. The fourth-order valence-electron chi connectivity index (χ4n) is 1.77. The Morgan fingerprint density at radius 1 is 1.33 bits per heavy atom. The van der Waals surface area contributed by atoms with Crippen molar-refractivity contribution in [2.24, 2.45) is 0 Å². The van der Waals surface area contributed by atoms with Gasteiger partial charge in [0.05, 0.1) is 4.90 Å². The fourth-order valence-corrected chi connectivity index (χ4v) is 3.37. The lowest BCUT2D eigenvalue weighted by Gasteiger charge is -2.15. The Labute approximate surface area is 109 Å². The Morgan fingerprint density at radius 3 is 2.50 bits per heavy atom. The average Bonchev–Trinajstić information content (AvgIpc) is 2.26. The standard InChI is InChI=1S/C13H18N2O2S/c1-5-6-7-15-18(16,17)13-10(3)9(2)8-12(14)11(13)4/h1,8,15H,6-7,14H2,2-4H3. The molecule has 4 nitrogen and oxygen atoms in total. The number of benzene rings is 1. The van der Waals surface area contributed by atoms with Crippen LogP contribution < -0.4 is 10.5 Å². The topological polar surface area (TPSA) is 72.2 Å². The molecule has 0 amide bonds. The lowest BCUT2D eigenvalue weighted by atomic mass is 10.1. The van der Waals surface area contributed by atoms with E-state index in [4.69, 9.17) is 12.2 Å². The third-order valence-electron chi connectivity index (χ3n) is 2.91. The minimum absolute atomic E-state index is 0.228. The summed E-state index contributed by atoms with van der Waals surface area (Å²) in [5, 5.41) is 0. The van der Waals surface area contributed by atoms with Crippen molar-refractivity contribution in [3.63, 3.8) is 0 Å². The van der Waals surface area contributed by atoms with Gasteiger partial charge in [-0.1, -0.05) is 0 Å². The molecule has 5 heteroatoms. The number of hydrogen-bond acceptors (Lipinski definition) is 3. The van der Waals surface area contributed by atoms with E-state index in [9.17, 15) is 8.42 Å². The molecule has 3 N–H and O–H groups in total. The molecule has 0 heterocycles. The first kappa shape index (κ1) is 14.6. The summed E-state index contributed by atoms with van der Waals surface area (Å²) in [6.07, 6.45) is 5.46. The second-order valence-electron chi connectivity index (χ2n) is 4.21. The smallest absolute Gasteiger partial charge is 0.241 e. The number of aryl methyl sites for hydroxylation is 1. The van der Waals surface area contributed by atoms with Crippen molar-refractivity contribution in [2.75, 3.05) is 12.3 Å². The Kier molecular flexibility index (Phi) is 4.38. The van der Waals surface area contributed by atoms with Gasteiger partial charge in [-0.3, -0.25) is 0 Å². The summed E-state index contributed by atoms with van der Waals surface area (Å²) in [4.78, 5) is 0.261. The van der Waals surface area contributed by atoms with Crippen molar-refractivity contribution in [3.8, 4) is 12.3 Å². The Bertz CT molecular complexity index is 572. The van der Waals surface area contributed by atoms with Crippen LogP contribution in [0.2, 0.25) is 0 Å². The van der Waals surface area contributed by atoms with Gasteiger partial charge >= 0.3 is 0 Å². The van der Waals surface area contributed by atoms with Gasteiger partial charge in [-0.2, -0.15) is 0 Å². The van der Waals surface area contributed by atoms with Gasteiger partial charge in [0.1, 0.15) is 0 Å². The molecule has 0 spiro atoms. The predicted molar refractivity (Wildman–Crippen MR) is 73.7 cm³/mol. The summed E-state index contributed by atoms with van der Waals surface area (Å²) in [5.74, 6) is 2.39. The van der Waals surface area contributed by atoms with Gasteiger partial charge in [0, 0.05) is 18.7 Å². The van der Waals surface area contributed by atoms with Crippen LogP contribution in [0.4, 0.5) is 5.69 Å². The summed E-state index contributed by atoms with van der Waals surface area (Å²) in [6.45, 7) is 5.55. The number of rotatable bonds is 4. The summed E-state index contributed by atoms with van der Waals surface area (Å²) in [6, 6.07) is 1.78. The van der Waals surface area contributed by atoms with Gasteiger partial charge in [0.2, 0.25) is 10.0 Å². The SMILES string of the molecule is C#CCCNS(=O)(=O)c1c(C)c(C)cc(N)c1C. The number of nitrogen functional groups attached to an aromatic ring is 1. The number of hydrogen-bond donors (Lipinski definition) is 2. The number of nitrogens with one attached hydrogen (secondary N) is 1. The Hall–Kier alpha value is -1.51. The molecule has 98 valence electrons. The van der Waals surface area contributed by atoms with E-state index in [0.29, 0.717) is 17.7 Å². The zero-order valence-electron chi connectivity index (χ0n) is 10.9. The maximum absolute atomic E-state index is 12.2. The third kappa shape index (κ3) is 2.84. The molecule has 0 unspecified atom stereocenters. The number of terminal acetylenes is 1. The van der Waals surface area contributed by atoms with Crippen LogP contribution in [0.25, 0.3) is 0 Å². The predicted octanol–water partition coefficient (Wildman–Crippen LogP) is 1.50. The number of sulfonamides is 1. The van der Waals surface area contributed by atoms with E-state index in [2.05, 4.69) is 10.6 Å². The lowest BCUT2D eigenvalue weighted by molar-refractivity contribution is 0.581. The number of nitrogens with two attached hydrogens (primary N) is 1. The molecule has 0 saturated carbocycles. The van der Waals surface area contributed by atoms with Crippen LogP contribution in [0.15, 0.2) is 11.0 Å². The van der Waals surface area contributed by atoms with Gasteiger partial charge in [-0.25, -0.2) is 13.1 Å². The van der Waals surface area contributed by atoms with Crippen molar-refractivity contribution in [2.45, 2.75) is 32.1 Å². The monoisotopic (exact) mass is 266 g/mol. The second-order valence-corrected chi connectivity index (χ2v) is 5.92. The second kappa shape index (κ2) is 5.42. The molecule has 1 aromatic rings. The molecule has 1 aromatic carbocycles. The van der Waals surface area contributed by atoms with Crippen molar-refractivity contribution in [3.05, 3.63) is 22.8 Å². The molecule has 0 bridgehead atoms. The third-order valence-corrected chi connectivity index (χ3v) is 4.64. The minimum Gasteiger partial charge on any atom is -0.398 e. The first-order valence-corrected chi connectivity index (χ1v) is 7.09. The van der Waals surface area contributed by atoms with E-state index in [0.717, 1.165) is 11.1 Å². The summed E-state index contributed by atoms with van der Waals surface area (Å²) >= 11 is 0. The van der Waals surface area contributed by atoms with Gasteiger partial charge in [-0.15, -0.1) is 12.3 Å². The molecule has 0 atom stereocenters. The molecule has 0 aliphatic carbocycles. The normalized spacial score (nSPS) is 11.2. The van der Waals surface area contributed by atoms with Crippen LogP contribution in [-0.2, 0) is 10.0 Å². The highest BCUT2D eigenvalue weighted by Gasteiger charge is 2.21. The van der Waals surface area contributed by atoms with E-state index < -0.39 is 10.0 Å². The maximum Gasteiger partial charge on any atom is 0.241 e. The van der Waals surface area contributed by atoms with Crippen molar-refractivity contribution >= 4 is 15.7 Å². The van der Waals surface area contributed by atoms with Crippen LogP contribution in [-0.4, -0.2) is 15.0 Å². The van der Waals surface area contributed by atoms with Crippen molar-refractivity contribution < 1.29 is 8.42 Å². The fraction of sp³-hybridized carbons (Fsp3) is 0.385. The largest absolute Gasteiger partial charge is 0.398 e. The first-order chi connectivity index (χ1) is 8.31. The molecule has 0 aliphatic rings. The van der Waals surface area contributed by atoms with E-state index >= 15 is 0 Å². The highest BCUT2D eigenvalue weighted by atomic mass is 32.2. The molecular weight excluding hydrogens is 248 g/mol. The molecule has 1 rings (SSSR count). The summed E-state index contributed by atoms with van der Waals surface area (Å²) in [7, 11) is -3.56. The van der Waals surface area contributed by atoms with Gasteiger partial charge in [0.15, 0.2) is 0 Å². The number of anilines is 1.